The first-order chi connectivity index (χ1) is 10.0. The van der Waals surface area contributed by atoms with Gasteiger partial charge >= 0.3 is 0 Å². The summed E-state index contributed by atoms with van der Waals surface area (Å²) in [4.78, 5) is 22.8. The van der Waals surface area contributed by atoms with E-state index in [1.165, 1.54) is 18.2 Å². The number of rotatable bonds is 2. The van der Waals surface area contributed by atoms with E-state index in [1.807, 2.05) is 0 Å². The monoisotopic (exact) mass is 289 g/mol. The number of aldehydes is 1. The van der Waals surface area contributed by atoms with Crippen molar-refractivity contribution in [2.75, 3.05) is 0 Å². The van der Waals surface area contributed by atoms with Crippen molar-refractivity contribution in [3.05, 3.63) is 52.6 Å². The highest BCUT2D eigenvalue weighted by atomic mass is 19.1. The first kappa shape index (κ1) is 13.7. The fourth-order valence-electron chi connectivity index (χ4n) is 2.82. The van der Waals surface area contributed by atoms with E-state index in [0.29, 0.717) is 29.5 Å². The van der Waals surface area contributed by atoms with Gasteiger partial charge in [-0.25, -0.2) is 8.78 Å². The quantitative estimate of drug-likeness (QED) is 0.796. The van der Waals surface area contributed by atoms with Crippen molar-refractivity contribution in [1.29, 1.82) is 0 Å². The minimum Gasteiger partial charge on any atom is -0.320 e. The maximum absolute atomic E-state index is 13.6. The number of halogens is 2. The van der Waals surface area contributed by atoms with E-state index in [-0.39, 0.29) is 12.0 Å². The number of carbonyl (C=O) groups excluding carboxylic acids is 2. The van der Waals surface area contributed by atoms with Gasteiger partial charge in [-0.15, -0.1) is 0 Å². The molecule has 21 heavy (non-hydrogen) atoms. The fraction of sp³-hybridized carbons (Fsp3) is 0.250. The molecule has 2 aromatic rings. The summed E-state index contributed by atoms with van der Waals surface area (Å²) in [5, 5.41) is 0. The van der Waals surface area contributed by atoms with Gasteiger partial charge in [-0.05, 0) is 43.5 Å². The van der Waals surface area contributed by atoms with E-state index < -0.39 is 17.8 Å². The summed E-state index contributed by atoms with van der Waals surface area (Å²) in [5.41, 5.74) is 2.36. The highest BCUT2D eigenvalue weighted by Crippen LogP contribution is 2.30. The van der Waals surface area contributed by atoms with E-state index in [4.69, 9.17) is 0 Å². The van der Waals surface area contributed by atoms with Crippen LogP contribution in [0.3, 0.4) is 0 Å². The lowest BCUT2D eigenvalue weighted by molar-refractivity contribution is 0.0854. The van der Waals surface area contributed by atoms with Crippen molar-refractivity contribution in [3.63, 3.8) is 0 Å². The topological polar surface area (TPSA) is 39.1 Å². The Kier molecular flexibility index (Phi) is 3.20. The zero-order valence-corrected chi connectivity index (χ0v) is 11.4. The highest BCUT2D eigenvalue weighted by Gasteiger charge is 2.31. The summed E-state index contributed by atoms with van der Waals surface area (Å²) in [6.07, 6.45) is 1.30. The molecule has 1 aromatic heterocycles. The SMILES string of the molecule is Cc1cn(-c2ccc(F)c(C=O)c2)c2c1C(=O)C(F)CC2. The molecule has 0 radical (unpaired) electrons. The van der Waals surface area contributed by atoms with E-state index in [2.05, 4.69) is 0 Å². The molecule has 3 nitrogen and oxygen atoms in total. The lowest BCUT2D eigenvalue weighted by Gasteiger charge is -2.18. The number of ketones is 1. The predicted molar refractivity (Wildman–Crippen MR) is 73.4 cm³/mol. The van der Waals surface area contributed by atoms with Gasteiger partial charge in [-0.1, -0.05) is 0 Å². The molecule has 0 fully saturated rings. The number of hydrogen-bond donors (Lipinski definition) is 0. The summed E-state index contributed by atoms with van der Waals surface area (Å²) in [7, 11) is 0. The summed E-state index contributed by atoms with van der Waals surface area (Å²) in [5.74, 6) is -1.09. The molecule has 0 spiro atoms. The largest absolute Gasteiger partial charge is 0.320 e. The van der Waals surface area contributed by atoms with Crippen LogP contribution in [0.25, 0.3) is 5.69 Å². The van der Waals surface area contributed by atoms with Crippen molar-refractivity contribution in [3.8, 4) is 5.69 Å². The van der Waals surface area contributed by atoms with Crippen LogP contribution in [0.1, 0.15) is 38.4 Å². The minimum absolute atomic E-state index is 0.0434. The second-order valence-corrected chi connectivity index (χ2v) is 5.20. The van der Waals surface area contributed by atoms with Gasteiger partial charge in [0, 0.05) is 23.1 Å². The Bertz CT molecular complexity index is 749. The smallest absolute Gasteiger partial charge is 0.198 e. The molecule has 0 saturated heterocycles. The van der Waals surface area contributed by atoms with Crippen LogP contribution < -0.4 is 0 Å². The normalized spacial score (nSPS) is 17.7. The average Bonchev–Trinajstić information content (AvgIpc) is 2.81. The Morgan fingerprint density at radius 1 is 1.38 bits per heavy atom. The van der Waals surface area contributed by atoms with E-state index >= 15 is 0 Å². The first-order valence-corrected chi connectivity index (χ1v) is 6.67. The maximum Gasteiger partial charge on any atom is 0.198 e. The average molecular weight is 289 g/mol. The molecule has 1 unspecified atom stereocenters. The number of aryl methyl sites for hydroxylation is 1. The number of nitrogens with zero attached hydrogens (tertiary/aromatic N) is 1. The molecule has 3 rings (SSSR count). The summed E-state index contributed by atoms with van der Waals surface area (Å²) >= 11 is 0. The van der Waals surface area contributed by atoms with Crippen LogP contribution in [0.15, 0.2) is 24.4 Å². The number of fused-ring (bicyclic) bond motifs is 1. The third-order valence-corrected chi connectivity index (χ3v) is 3.85. The van der Waals surface area contributed by atoms with Crippen molar-refractivity contribution in [2.45, 2.75) is 25.9 Å². The third kappa shape index (κ3) is 2.09. The van der Waals surface area contributed by atoms with Crippen LogP contribution in [0.2, 0.25) is 0 Å². The Morgan fingerprint density at radius 2 is 2.14 bits per heavy atom. The minimum atomic E-state index is -1.45. The number of alkyl halides is 1. The molecule has 0 saturated carbocycles. The number of hydrogen-bond acceptors (Lipinski definition) is 2. The lowest BCUT2D eigenvalue weighted by atomic mass is 9.92. The molecule has 1 aliphatic rings. The maximum atomic E-state index is 13.6. The highest BCUT2D eigenvalue weighted by molar-refractivity contribution is 6.03. The Balaban J connectivity index is 2.17. The summed E-state index contributed by atoms with van der Waals surface area (Å²) in [6.45, 7) is 1.75. The van der Waals surface area contributed by atoms with Crippen molar-refractivity contribution < 1.29 is 18.4 Å². The van der Waals surface area contributed by atoms with Gasteiger partial charge in [-0.3, -0.25) is 9.59 Å². The van der Waals surface area contributed by atoms with E-state index in [0.717, 1.165) is 5.69 Å². The van der Waals surface area contributed by atoms with Crippen LogP contribution in [0.4, 0.5) is 8.78 Å². The molecular formula is C16H13F2NO2. The van der Waals surface area contributed by atoms with Crippen LogP contribution in [0.5, 0.6) is 0 Å². The van der Waals surface area contributed by atoms with Crippen LogP contribution in [0, 0.1) is 12.7 Å². The molecule has 5 heteroatoms. The number of Topliss-reactive ketones (excluding diaryl/α,β-unsaturated/α-hetero) is 1. The third-order valence-electron chi connectivity index (χ3n) is 3.85. The fourth-order valence-corrected chi connectivity index (χ4v) is 2.82. The van der Waals surface area contributed by atoms with Crippen LogP contribution >= 0.6 is 0 Å². The van der Waals surface area contributed by atoms with Gasteiger partial charge in [0.25, 0.3) is 0 Å². The second kappa shape index (κ2) is 4.91. The molecule has 1 aliphatic carbocycles. The molecule has 0 aliphatic heterocycles. The number of aromatic nitrogens is 1. The molecule has 1 atom stereocenters. The Morgan fingerprint density at radius 3 is 2.86 bits per heavy atom. The van der Waals surface area contributed by atoms with E-state index in [1.54, 1.807) is 17.7 Å². The van der Waals surface area contributed by atoms with Gasteiger partial charge in [0.15, 0.2) is 18.2 Å². The van der Waals surface area contributed by atoms with Gasteiger partial charge in [-0.2, -0.15) is 0 Å². The molecule has 1 aromatic carbocycles. The second-order valence-electron chi connectivity index (χ2n) is 5.20. The van der Waals surface area contributed by atoms with Gasteiger partial charge in [0.1, 0.15) is 5.82 Å². The Labute approximate surface area is 120 Å². The molecule has 0 bridgehead atoms. The zero-order valence-electron chi connectivity index (χ0n) is 11.4. The van der Waals surface area contributed by atoms with Gasteiger partial charge in [0.2, 0.25) is 0 Å². The van der Waals surface area contributed by atoms with Gasteiger partial charge < -0.3 is 4.57 Å². The van der Waals surface area contributed by atoms with Crippen LogP contribution in [-0.2, 0) is 6.42 Å². The van der Waals surface area contributed by atoms with Crippen molar-refractivity contribution in [1.82, 2.24) is 4.57 Å². The van der Waals surface area contributed by atoms with Crippen molar-refractivity contribution >= 4 is 12.1 Å². The molecule has 1 heterocycles. The molecule has 108 valence electrons. The first-order valence-electron chi connectivity index (χ1n) is 6.67. The van der Waals surface area contributed by atoms with Crippen LogP contribution in [-0.4, -0.2) is 22.8 Å². The Hall–Kier alpha value is -2.30. The summed E-state index contributed by atoms with van der Waals surface area (Å²) < 4.78 is 28.7. The standard InChI is InChI=1S/C16H13F2NO2/c1-9-7-19(11-2-3-12(17)10(6-11)8-20)14-5-4-13(18)16(21)15(9)14/h2-3,6-8,13H,4-5H2,1H3. The number of carbonyl (C=O) groups is 2. The zero-order chi connectivity index (χ0) is 15.1. The molecule has 0 N–H and O–H groups in total. The van der Waals surface area contributed by atoms with Gasteiger partial charge in [0.05, 0.1) is 5.56 Å². The summed E-state index contributed by atoms with van der Waals surface area (Å²) in [6, 6.07) is 4.17. The lowest BCUT2D eigenvalue weighted by Crippen LogP contribution is -2.24. The number of benzene rings is 1. The predicted octanol–water partition coefficient (Wildman–Crippen LogP) is 3.20. The van der Waals surface area contributed by atoms with Crippen molar-refractivity contribution in [2.24, 2.45) is 0 Å². The molecule has 0 amide bonds. The van der Waals surface area contributed by atoms with E-state index in [9.17, 15) is 18.4 Å². The molecular weight excluding hydrogens is 276 g/mol.